The van der Waals surface area contributed by atoms with Crippen molar-refractivity contribution in [3.63, 3.8) is 0 Å². The van der Waals surface area contributed by atoms with E-state index in [1.54, 1.807) is 27.4 Å². The summed E-state index contributed by atoms with van der Waals surface area (Å²) in [5.74, 6) is 0.665. The van der Waals surface area contributed by atoms with Gasteiger partial charge in [-0.1, -0.05) is 17.6 Å². The van der Waals surface area contributed by atoms with Gasteiger partial charge in [0.2, 0.25) is 10.0 Å². The number of nitrogens with zero attached hydrogens (tertiary/aromatic N) is 4. The number of carbonyl (C=O) groups is 1. The Morgan fingerprint density at radius 3 is 2.58 bits per heavy atom. The Labute approximate surface area is 183 Å². The van der Waals surface area contributed by atoms with Crippen LogP contribution >= 0.6 is 0 Å². The zero-order chi connectivity index (χ0) is 22.0. The molecule has 9 heteroatoms. The van der Waals surface area contributed by atoms with Gasteiger partial charge in [0.05, 0.1) is 10.6 Å². The molecule has 2 aliphatic rings. The molecule has 0 radical (unpaired) electrons. The first kappa shape index (κ1) is 22.0. The Kier molecular flexibility index (Phi) is 6.45. The van der Waals surface area contributed by atoms with E-state index in [0.29, 0.717) is 31.7 Å². The van der Waals surface area contributed by atoms with Crippen LogP contribution in [0.2, 0.25) is 0 Å². The highest BCUT2D eigenvalue weighted by atomic mass is 32.2. The van der Waals surface area contributed by atoms with Gasteiger partial charge in [0, 0.05) is 56.9 Å². The SMILES string of the molecule is Cc1cc(CN2CCN(C(=O)c3cccc(S(=O)(=O)N4CCCCC4C)c3)CC2)no1. The second kappa shape index (κ2) is 9.10. The molecule has 3 heterocycles. The van der Waals surface area contributed by atoms with Gasteiger partial charge >= 0.3 is 0 Å². The molecule has 2 fully saturated rings. The molecule has 31 heavy (non-hydrogen) atoms. The van der Waals surface area contributed by atoms with Crippen LogP contribution in [0.15, 0.2) is 39.8 Å². The lowest BCUT2D eigenvalue weighted by molar-refractivity contribution is 0.0625. The summed E-state index contributed by atoms with van der Waals surface area (Å²) in [6.07, 6.45) is 2.80. The quantitative estimate of drug-likeness (QED) is 0.701. The molecule has 0 bridgehead atoms. The Morgan fingerprint density at radius 1 is 1.13 bits per heavy atom. The molecule has 1 amide bonds. The van der Waals surface area contributed by atoms with Gasteiger partial charge in [0.1, 0.15) is 5.76 Å². The summed E-state index contributed by atoms with van der Waals surface area (Å²) in [5, 5.41) is 4.03. The molecular weight excluding hydrogens is 416 g/mol. The highest BCUT2D eigenvalue weighted by molar-refractivity contribution is 7.89. The first-order chi connectivity index (χ1) is 14.8. The number of aryl methyl sites for hydroxylation is 1. The minimum atomic E-state index is -3.60. The fourth-order valence-electron chi connectivity index (χ4n) is 4.37. The van der Waals surface area contributed by atoms with Gasteiger partial charge in [0.15, 0.2) is 0 Å². The number of hydrogen-bond acceptors (Lipinski definition) is 6. The number of piperidine rings is 1. The zero-order valence-corrected chi connectivity index (χ0v) is 19.0. The third-order valence-corrected chi connectivity index (χ3v) is 8.16. The number of rotatable bonds is 5. The number of carbonyl (C=O) groups excluding carboxylic acids is 1. The average molecular weight is 447 g/mol. The van der Waals surface area contributed by atoms with Gasteiger partial charge in [-0.05, 0) is 44.9 Å². The summed E-state index contributed by atoms with van der Waals surface area (Å²) in [6.45, 7) is 7.71. The van der Waals surface area contributed by atoms with Crippen molar-refractivity contribution < 1.29 is 17.7 Å². The van der Waals surface area contributed by atoms with E-state index in [4.69, 9.17) is 4.52 Å². The van der Waals surface area contributed by atoms with Gasteiger partial charge in [0.25, 0.3) is 5.91 Å². The fourth-order valence-corrected chi connectivity index (χ4v) is 6.11. The van der Waals surface area contributed by atoms with Gasteiger partial charge < -0.3 is 9.42 Å². The second-order valence-corrected chi connectivity index (χ2v) is 10.4. The second-order valence-electron chi connectivity index (χ2n) is 8.49. The van der Waals surface area contributed by atoms with Crippen LogP contribution < -0.4 is 0 Å². The minimum absolute atomic E-state index is 0.0142. The fraction of sp³-hybridized carbons (Fsp3) is 0.545. The lowest BCUT2D eigenvalue weighted by atomic mass is 10.1. The van der Waals surface area contributed by atoms with Gasteiger partial charge in [-0.2, -0.15) is 4.31 Å². The van der Waals surface area contributed by atoms with Crippen molar-refractivity contribution in [2.75, 3.05) is 32.7 Å². The average Bonchev–Trinajstić information content (AvgIpc) is 3.18. The van der Waals surface area contributed by atoms with E-state index in [2.05, 4.69) is 10.1 Å². The van der Waals surface area contributed by atoms with E-state index in [1.165, 1.54) is 6.07 Å². The number of sulfonamides is 1. The van der Waals surface area contributed by atoms with Crippen LogP contribution in [0, 0.1) is 6.92 Å². The predicted molar refractivity (Wildman–Crippen MR) is 116 cm³/mol. The molecule has 0 aliphatic carbocycles. The molecule has 2 aromatic rings. The molecule has 2 saturated heterocycles. The first-order valence-electron chi connectivity index (χ1n) is 10.9. The van der Waals surface area contributed by atoms with E-state index in [9.17, 15) is 13.2 Å². The number of piperazine rings is 1. The van der Waals surface area contributed by atoms with Crippen molar-refractivity contribution in [2.24, 2.45) is 0 Å². The summed E-state index contributed by atoms with van der Waals surface area (Å²) in [5.41, 5.74) is 1.31. The van der Waals surface area contributed by atoms with E-state index in [0.717, 1.165) is 43.8 Å². The molecule has 4 rings (SSSR count). The number of benzene rings is 1. The van der Waals surface area contributed by atoms with E-state index in [-0.39, 0.29) is 16.8 Å². The third kappa shape index (κ3) is 4.83. The van der Waals surface area contributed by atoms with Crippen molar-refractivity contribution in [2.45, 2.75) is 50.6 Å². The van der Waals surface area contributed by atoms with Crippen molar-refractivity contribution in [3.05, 3.63) is 47.3 Å². The lowest BCUT2D eigenvalue weighted by Gasteiger charge is -2.34. The molecule has 8 nitrogen and oxygen atoms in total. The lowest BCUT2D eigenvalue weighted by Crippen LogP contribution is -2.48. The standard InChI is InChI=1S/C22H30N4O4S/c1-17-6-3-4-9-26(17)31(28,29)21-8-5-7-19(15-21)22(27)25-12-10-24(11-13-25)16-20-14-18(2)30-23-20/h5,7-8,14-15,17H,3-4,6,9-13,16H2,1-2H3. The van der Waals surface area contributed by atoms with E-state index in [1.807, 2.05) is 19.9 Å². The van der Waals surface area contributed by atoms with Crippen molar-refractivity contribution >= 4 is 15.9 Å². The normalized spacial score (nSPS) is 21.4. The summed E-state index contributed by atoms with van der Waals surface area (Å²) in [4.78, 5) is 17.3. The summed E-state index contributed by atoms with van der Waals surface area (Å²) >= 11 is 0. The monoisotopic (exact) mass is 446 g/mol. The number of amides is 1. The molecule has 1 unspecified atom stereocenters. The maximum Gasteiger partial charge on any atom is 0.253 e. The molecule has 1 aromatic carbocycles. The zero-order valence-electron chi connectivity index (χ0n) is 18.2. The van der Waals surface area contributed by atoms with Crippen molar-refractivity contribution in [1.82, 2.24) is 19.3 Å². The maximum absolute atomic E-state index is 13.1. The van der Waals surface area contributed by atoms with E-state index >= 15 is 0 Å². The van der Waals surface area contributed by atoms with Gasteiger partial charge in [-0.15, -0.1) is 0 Å². The van der Waals surface area contributed by atoms with E-state index < -0.39 is 10.0 Å². The molecule has 1 aromatic heterocycles. The first-order valence-corrected chi connectivity index (χ1v) is 12.3. The molecule has 1 atom stereocenters. The van der Waals surface area contributed by atoms with Gasteiger partial charge in [-0.3, -0.25) is 9.69 Å². The summed E-state index contributed by atoms with van der Waals surface area (Å²) in [6, 6.07) is 8.39. The number of hydrogen-bond donors (Lipinski definition) is 0. The predicted octanol–water partition coefficient (Wildman–Crippen LogP) is 2.50. The Balaban J connectivity index is 1.41. The highest BCUT2D eigenvalue weighted by Crippen LogP contribution is 2.26. The van der Waals surface area contributed by atoms with Crippen LogP contribution in [0.1, 0.15) is 48.0 Å². The largest absolute Gasteiger partial charge is 0.361 e. The Bertz CT molecular complexity index is 1030. The molecular formula is C22H30N4O4S. The highest BCUT2D eigenvalue weighted by Gasteiger charge is 2.32. The van der Waals surface area contributed by atoms with Gasteiger partial charge in [-0.25, -0.2) is 8.42 Å². The van der Waals surface area contributed by atoms with Crippen LogP contribution in [0.25, 0.3) is 0 Å². The molecule has 0 saturated carbocycles. The maximum atomic E-state index is 13.1. The minimum Gasteiger partial charge on any atom is -0.361 e. The molecule has 168 valence electrons. The third-order valence-electron chi connectivity index (χ3n) is 6.15. The Morgan fingerprint density at radius 2 is 1.90 bits per heavy atom. The molecule has 0 spiro atoms. The van der Waals surface area contributed by atoms with Crippen LogP contribution in [-0.2, 0) is 16.6 Å². The van der Waals surface area contributed by atoms with Crippen molar-refractivity contribution in [3.8, 4) is 0 Å². The molecule has 2 aliphatic heterocycles. The smallest absolute Gasteiger partial charge is 0.253 e. The summed E-state index contributed by atoms with van der Waals surface area (Å²) < 4.78 is 33.0. The molecule has 0 N–H and O–H groups in total. The van der Waals surface area contributed by atoms with Crippen LogP contribution in [0.5, 0.6) is 0 Å². The van der Waals surface area contributed by atoms with Crippen LogP contribution in [-0.4, -0.2) is 72.4 Å². The van der Waals surface area contributed by atoms with Crippen LogP contribution in [0.3, 0.4) is 0 Å². The van der Waals surface area contributed by atoms with Crippen LogP contribution in [0.4, 0.5) is 0 Å². The topological polar surface area (TPSA) is 87.0 Å². The number of aromatic nitrogens is 1. The van der Waals surface area contributed by atoms with Crippen molar-refractivity contribution in [1.29, 1.82) is 0 Å². The Hall–Kier alpha value is -2.23. The summed E-state index contributed by atoms with van der Waals surface area (Å²) in [7, 11) is -3.60.